The molecule has 0 spiro atoms. The molecule has 19 heavy (non-hydrogen) atoms. The second-order valence-corrected chi connectivity index (χ2v) is 6.60. The van der Waals surface area contributed by atoms with Crippen molar-refractivity contribution in [3.05, 3.63) is 27.6 Å². The zero-order valence-corrected chi connectivity index (χ0v) is 13.1. The van der Waals surface area contributed by atoms with Gasteiger partial charge in [0.1, 0.15) is 5.82 Å². The molecule has 1 aromatic rings. The number of carbonyl (C=O) groups excluding carboxylic acids is 1. The summed E-state index contributed by atoms with van der Waals surface area (Å²) in [5.41, 5.74) is 0.283. The molecule has 0 heterocycles. The lowest BCUT2D eigenvalue weighted by molar-refractivity contribution is -0.142. The highest BCUT2D eigenvalue weighted by Gasteiger charge is 2.15. The van der Waals surface area contributed by atoms with Gasteiger partial charge >= 0.3 is 5.97 Å². The molecule has 0 saturated heterocycles. The van der Waals surface area contributed by atoms with Crippen LogP contribution in [0, 0.1) is 9.39 Å². The van der Waals surface area contributed by atoms with Crippen molar-refractivity contribution in [2.24, 2.45) is 0 Å². The first kappa shape index (κ1) is 16.2. The van der Waals surface area contributed by atoms with Gasteiger partial charge in [0, 0.05) is 3.57 Å². The van der Waals surface area contributed by atoms with Crippen molar-refractivity contribution in [2.75, 3.05) is 17.1 Å². The Morgan fingerprint density at radius 3 is 2.74 bits per heavy atom. The Morgan fingerprint density at radius 1 is 1.47 bits per heavy atom. The summed E-state index contributed by atoms with van der Waals surface area (Å²) >= 11 is 1.82. The summed E-state index contributed by atoms with van der Waals surface area (Å²) < 4.78 is 43.7. The van der Waals surface area contributed by atoms with E-state index in [-0.39, 0.29) is 24.5 Å². The van der Waals surface area contributed by atoms with Gasteiger partial charge in [0.05, 0.1) is 24.5 Å². The van der Waals surface area contributed by atoms with E-state index in [1.54, 1.807) is 6.92 Å². The molecular weight excluding hydrogens is 388 g/mol. The molecule has 0 atom stereocenters. The van der Waals surface area contributed by atoms with Crippen molar-refractivity contribution in [2.45, 2.75) is 13.3 Å². The first-order valence-electron chi connectivity index (χ1n) is 5.45. The fourth-order valence-electron chi connectivity index (χ4n) is 1.24. The average Bonchev–Trinajstić information content (AvgIpc) is 2.31. The molecule has 0 amide bonds. The van der Waals surface area contributed by atoms with Crippen LogP contribution >= 0.6 is 22.6 Å². The second-order valence-electron chi connectivity index (χ2n) is 3.60. The maximum absolute atomic E-state index is 12.9. The summed E-state index contributed by atoms with van der Waals surface area (Å²) in [6.07, 6.45) is -0.221. The zero-order valence-electron chi connectivity index (χ0n) is 10.2. The van der Waals surface area contributed by atoms with E-state index in [1.165, 1.54) is 12.1 Å². The Bertz CT molecular complexity index is 562. The van der Waals surface area contributed by atoms with E-state index in [9.17, 15) is 17.6 Å². The minimum absolute atomic E-state index is 0.210. The number of esters is 1. The van der Waals surface area contributed by atoms with Gasteiger partial charge in [-0.3, -0.25) is 9.52 Å². The van der Waals surface area contributed by atoms with Gasteiger partial charge in [-0.1, -0.05) is 0 Å². The van der Waals surface area contributed by atoms with Crippen molar-refractivity contribution in [1.82, 2.24) is 0 Å². The molecule has 0 fully saturated rings. The number of rotatable bonds is 6. The van der Waals surface area contributed by atoms with Crippen LogP contribution in [0.15, 0.2) is 18.2 Å². The quantitative estimate of drug-likeness (QED) is 0.586. The average molecular weight is 401 g/mol. The highest BCUT2D eigenvalue weighted by atomic mass is 127. The first-order valence-corrected chi connectivity index (χ1v) is 8.18. The minimum atomic E-state index is -3.66. The molecule has 1 N–H and O–H groups in total. The van der Waals surface area contributed by atoms with Crippen LogP contribution in [0.1, 0.15) is 13.3 Å². The summed E-state index contributed by atoms with van der Waals surface area (Å²) in [5, 5.41) is 0. The molecule has 0 aliphatic carbocycles. The van der Waals surface area contributed by atoms with Gasteiger partial charge in [-0.25, -0.2) is 12.8 Å². The lowest BCUT2D eigenvalue weighted by atomic mass is 10.3. The number of nitrogens with one attached hydrogen (secondary N) is 1. The van der Waals surface area contributed by atoms with Crippen molar-refractivity contribution in [3.63, 3.8) is 0 Å². The number of benzene rings is 1. The van der Waals surface area contributed by atoms with E-state index in [4.69, 9.17) is 0 Å². The van der Waals surface area contributed by atoms with Crippen molar-refractivity contribution >= 4 is 44.3 Å². The molecule has 0 bridgehead atoms. The van der Waals surface area contributed by atoms with Crippen LogP contribution in [-0.2, 0) is 19.6 Å². The predicted octanol–water partition coefficient (Wildman–Crippen LogP) is 2.13. The third-order valence-electron chi connectivity index (χ3n) is 2.08. The van der Waals surface area contributed by atoms with Gasteiger partial charge in [0.2, 0.25) is 10.0 Å². The highest BCUT2D eigenvalue weighted by molar-refractivity contribution is 14.1. The smallest absolute Gasteiger partial charge is 0.306 e. The van der Waals surface area contributed by atoms with Crippen molar-refractivity contribution < 1.29 is 22.3 Å². The lowest BCUT2D eigenvalue weighted by Gasteiger charge is -2.09. The van der Waals surface area contributed by atoms with Crippen LogP contribution in [0.5, 0.6) is 0 Å². The van der Waals surface area contributed by atoms with Gasteiger partial charge in [-0.15, -0.1) is 0 Å². The van der Waals surface area contributed by atoms with Crippen molar-refractivity contribution in [3.8, 4) is 0 Å². The Labute approximate surface area is 124 Å². The molecule has 1 rings (SSSR count). The number of anilines is 1. The maximum atomic E-state index is 12.9. The van der Waals surface area contributed by atoms with Gasteiger partial charge in [-0.2, -0.15) is 0 Å². The summed E-state index contributed by atoms with van der Waals surface area (Å²) in [6, 6.07) is 3.70. The molecule has 0 unspecified atom stereocenters. The largest absolute Gasteiger partial charge is 0.466 e. The molecule has 106 valence electrons. The summed E-state index contributed by atoms with van der Waals surface area (Å²) in [4.78, 5) is 11.1. The van der Waals surface area contributed by atoms with Crippen LogP contribution in [0.4, 0.5) is 10.1 Å². The van der Waals surface area contributed by atoms with Crippen LogP contribution < -0.4 is 4.72 Å². The van der Waals surface area contributed by atoms with E-state index < -0.39 is 21.8 Å². The summed E-state index contributed by atoms with van der Waals surface area (Å²) in [6.45, 7) is 1.85. The SMILES string of the molecule is CCOC(=O)CCS(=O)(=O)Nc1ccc(F)cc1I. The van der Waals surface area contributed by atoms with Crippen LogP contribution in [0.3, 0.4) is 0 Å². The molecule has 8 heteroatoms. The first-order chi connectivity index (χ1) is 8.84. The van der Waals surface area contributed by atoms with E-state index in [2.05, 4.69) is 9.46 Å². The number of hydrogen-bond donors (Lipinski definition) is 1. The normalized spacial score (nSPS) is 11.1. The number of ether oxygens (including phenoxy) is 1. The summed E-state index contributed by atoms with van der Waals surface area (Å²) in [7, 11) is -3.66. The van der Waals surface area contributed by atoms with Crippen LogP contribution in [0.2, 0.25) is 0 Å². The highest BCUT2D eigenvalue weighted by Crippen LogP contribution is 2.20. The van der Waals surface area contributed by atoms with Crippen molar-refractivity contribution in [1.29, 1.82) is 0 Å². The number of hydrogen-bond acceptors (Lipinski definition) is 4. The molecule has 0 radical (unpaired) electrons. The zero-order chi connectivity index (χ0) is 14.5. The lowest BCUT2D eigenvalue weighted by Crippen LogP contribution is -2.20. The third-order valence-corrected chi connectivity index (χ3v) is 4.24. The van der Waals surface area contributed by atoms with Gasteiger partial charge in [0.25, 0.3) is 0 Å². The Morgan fingerprint density at radius 2 is 2.16 bits per heavy atom. The van der Waals surface area contributed by atoms with Crippen LogP contribution in [0.25, 0.3) is 0 Å². The number of sulfonamides is 1. The van der Waals surface area contributed by atoms with Gasteiger partial charge in [0.15, 0.2) is 0 Å². The standard InChI is InChI=1S/C11H13FINO4S/c1-2-18-11(15)5-6-19(16,17)14-10-4-3-8(12)7-9(10)13/h3-4,7,14H,2,5-6H2,1H3. The molecular formula is C11H13FINO4S. The number of carbonyl (C=O) groups is 1. The predicted molar refractivity (Wildman–Crippen MR) is 77.8 cm³/mol. The topological polar surface area (TPSA) is 72.5 Å². The van der Waals surface area contributed by atoms with Gasteiger partial charge in [-0.05, 0) is 47.7 Å². The van der Waals surface area contributed by atoms with Gasteiger partial charge < -0.3 is 4.74 Å². The maximum Gasteiger partial charge on any atom is 0.306 e. The van der Waals surface area contributed by atoms with E-state index in [1.807, 2.05) is 22.6 Å². The van der Waals surface area contributed by atoms with Crippen LogP contribution in [-0.4, -0.2) is 26.7 Å². The monoisotopic (exact) mass is 401 g/mol. The molecule has 0 aromatic heterocycles. The number of halogens is 2. The molecule has 1 aromatic carbocycles. The molecule has 0 aliphatic heterocycles. The second kappa shape index (κ2) is 7.04. The minimum Gasteiger partial charge on any atom is -0.466 e. The Balaban J connectivity index is 2.66. The van der Waals surface area contributed by atoms with E-state index >= 15 is 0 Å². The fraction of sp³-hybridized carbons (Fsp3) is 0.364. The third kappa shape index (κ3) is 5.72. The Kier molecular flexibility index (Phi) is 5.98. The molecule has 0 aliphatic rings. The summed E-state index contributed by atoms with van der Waals surface area (Å²) in [5.74, 6) is -1.39. The van der Waals surface area contributed by atoms with E-state index in [0.29, 0.717) is 3.57 Å². The van der Waals surface area contributed by atoms with E-state index in [0.717, 1.165) is 6.07 Å². The fourth-order valence-corrected chi connectivity index (χ4v) is 3.09. The Hall–Kier alpha value is -0.900. The molecule has 5 nitrogen and oxygen atoms in total. The molecule has 0 saturated carbocycles.